The van der Waals surface area contributed by atoms with Crippen LogP contribution < -0.4 is 0 Å². The van der Waals surface area contributed by atoms with Gasteiger partial charge in [0.25, 0.3) is 0 Å². The van der Waals surface area contributed by atoms with Crippen molar-refractivity contribution >= 4 is 10.9 Å². The Labute approximate surface area is 87.0 Å². The molecule has 0 aliphatic carbocycles. The quantitative estimate of drug-likeness (QED) is 0.613. The van der Waals surface area contributed by atoms with E-state index in [1.807, 2.05) is 32.0 Å². The van der Waals surface area contributed by atoms with Crippen molar-refractivity contribution in [1.82, 2.24) is 4.98 Å². The molecule has 1 heterocycles. The maximum absolute atomic E-state index is 13.1. The van der Waals surface area contributed by atoms with Crippen LogP contribution in [0.25, 0.3) is 10.9 Å². The van der Waals surface area contributed by atoms with E-state index in [0.29, 0.717) is 11.1 Å². The number of hydrogen-bond donors (Lipinski definition) is 0. The summed E-state index contributed by atoms with van der Waals surface area (Å²) in [4.78, 5) is 3.81. The van der Waals surface area contributed by atoms with E-state index in [1.165, 1.54) is 6.07 Å². The summed E-state index contributed by atoms with van der Waals surface area (Å²) in [5.41, 5.74) is 2.84. The number of hydrogen-bond acceptors (Lipinski definition) is 2. The lowest BCUT2D eigenvalue weighted by Gasteiger charge is -2.04. The highest BCUT2D eigenvalue weighted by Crippen LogP contribution is 2.22. The van der Waals surface area contributed by atoms with E-state index in [4.69, 9.17) is 5.26 Å². The average Bonchev–Trinajstić information content (AvgIpc) is 2.18. The fourth-order valence-corrected chi connectivity index (χ4v) is 1.74. The van der Waals surface area contributed by atoms with Crippen LogP contribution in [-0.2, 0) is 0 Å². The van der Waals surface area contributed by atoms with E-state index in [-0.39, 0.29) is 0 Å². The number of benzene rings is 1. The smallest absolute Gasteiger partial charge is 0.214 e. The first kappa shape index (κ1) is 9.60. The van der Waals surface area contributed by atoms with Crippen molar-refractivity contribution in [2.75, 3.05) is 0 Å². The number of aryl methyl sites for hydroxylation is 2. The molecule has 2 aromatic rings. The van der Waals surface area contributed by atoms with Crippen LogP contribution >= 0.6 is 0 Å². The summed E-state index contributed by atoms with van der Waals surface area (Å²) in [6, 6.07) is 6.93. The molecule has 0 radical (unpaired) electrons. The molecule has 1 aromatic carbocycles. The summed E-state index contributed by atoms with van der Waals surface area (Å²) < 4.78 is 13.1. The molecule has 0 saturated carbocycles. The predicted molar refractivity (Wildman–Crippen MR) is 55.9 cm³/mol. The molecular formula is C12H9FN2. The first-order valence-corrected chi connectivity index (χ1v) is 4.59. The number of pyridine rings is 1. The Bertz CT molecular complexity index is 582. The second-order valence-corrected chi connectivity index (χ2v) is 3.58. The van der Waals surface area contributed by atoms with Crippen LogP contribution in [0.2, 0.25) is 0 Å². The van der Waals surface area contributed by atoms with E-state index in [1.54, 1.807) is 0 Å². The van der Waals surface area contributed by atoms with Gasteiger partial charge in [-0.15, -0.1) is 0 Å². The Hall–Kier alpha value is -1.95. The summed E-state index contributed by atoms with van der Waals surface area (Å²) in [6.07, 6.45) is 0. The van der Waals surface area contributed by atoms with Crippen molar-refractivity contribution in [2.24, 2.45) is 0 Å². The SMILES string of the molecule is Cc1cc(C)c2nc(F)cc(C#N)c2c1. The standard InChI is InChI=1S/C12H9FN2/c1-7-3-8(2)12-10(4-7)9(6-14)5-11(13)15-12/h3-5H,1-2H3. The highest BCUT2D eigenvalue weighted by Gasteiger charge is 2.07. The first-order valence-electron chi connectivity index (χ1n) is 4.59. The molecule has 0 saturated heterocycles. The lowest BCUT2D eigenvalue weighted by atomic mass is 10.0. The van der Waals surface area contributed by atoms with Gasteiger partial charge in [0, 0.05) is 11.5 Å². The fourth-order valence-electron chi connectivity index (χ4n) is 1.74. The van der Waals surface area contributed by atoms with E-state index < -0.39 is 5.95 Å². The van der Waals surface area contributed by atoms with Gasteiger partial charge in [0.15, 0.2) is 0 Å². The Balaban J connectivity index is 2.98. The monoisotopic (exact) mass is 200 g/mol. The van der Waals surface area contributed by atoms with Gasteiger partial charge in [0.2, 0.25) is 5.95 Å². The number of nitriles is 1. The largest absolute Gasteiger partial charge is 0.219 e. The molecular weight excluding hydrogens is 191 g/mol. The van der Waals surface area contributed by atoms with Gasteiger partial charge in [0.05, 0.1) is 17.1 Å². The summed E-state index contributed by atoms with van der Waals surface area (Å²) in [5.74, 6) is -0.606. The molecule has 0 spiro atoms. The van der Waals surface area contributed by atoms with Gasteiger partial charge in [-0.3, -0.25) is 0 Å². The summed E-state index contributed by atoms with van der Waals surface area (Å²) >= 11 is 0. The molecule has 74 valence electrons. The Morgan fingerprint density at radius 2 is 2.00 bits per heavy atom. The van der Waals surface area contributed by atoms with Crippen LogP contribution in [0, 0.1) is 31.1 Å². The van der Waals surface area contributed by atoms with Crippen molar-refractivity contribution in [2.45, 2.75) is 13.8 Å². The Kier molecular flexibility index (Phi) is 2.12. The zero-order valence-electron chi connectivity index (χ0n) is 8.50. The van der Waals surface area contributed by atoms with Crippen LogP contribution in [0.4, 0.5) is 4.39 Å². The number of nitrogens with zero attached hydrogens (tertiary/aromatic N) is 2. The van der Waals surface area contributed by atoms with Crippen molar-refractivity contribution in [1.29, 1.82) is 5.26 Å². The molecule has 0 aliphatic heterocycles. The van der Waals surface area contributed by atoms with Crippen LogP contribution in [0.3, 0.4) is 0 Å². The van der Waals surface area contributed by atoms with Crippen molar-refractivity contribution in [3.63, 3.8) is 0 Å². The molecule has 0 amide bonds. The van der Waals surface area contributed by atoms with Crippen LogP contribution in [0.1, 0.15) is 16.7 Å². The fraction of sp³-hybridized carbons (Fsp3) is 0.167. The minimum Gasteiger partial charge on any atom is -0.219 e. The molecule has 1 aromatic heterocycles. The highest BCUT2D eigenvalue weighted by atomic mass is 19.1. The minimum atomic E-state index is -0.606. The van der Waals surface area contributed by atoms with Gasteiger partial charge < -0.3 is 0 Å². The highest BCUT2D eigenvalue weighted by molar-refractivity contribution is 5.87. The molecule has 0 atom stereocenters. The van der Waals surface area contributed by atoms with Gasteiger partial charge in [-0.05, 0) is 25.5 Å². The normalized spacial score (nSPS) is 10.3. The van der Waals surface area contributed by atoms with Gasteiger partial charge in [-0.2, -0.15) is 9.65 Å². The molecule has 0 N–H and O–H groups in total. The molecule has 0 unspecified atom stereocenters. The van der Waals surface area contributed by atoms with Gasteiger partial charge in [-0.1, -0.05) is 11.6 Å². The van der Waals surface area contributed by atoms with Gasteiger partial charge in [0.1, 0.15) is 0 Å². The van der Waals surface area contributed by atoms with Crippen molar-refractivity contribution in [3.05, 3.63) is 40.8 Å². The summed E-state index contributed by atoms with van der Waals surface area (Å²) in [7, 11) is 0. The van der Waals surface area contributed by atoms with Crippen molar-refractivity contribution in [3.8, 4) is 6.07 Å². The second kappa shape index (κ2) is 3.32. The van der Waals surface area contributed by atoms with E-state index in [0.717, 1.165) is 16.5 Å². The summed E-state index contributed by atoms with van der Waals surface area (Å²) in [6.45, 7) is 3.81. The van der Waals surface area contributed by atoms with E-state index in [9.17, 15) is 4.39 Å². The third kappa shape index (κ3) is 1.55. The maximum atomic E-state index is 13.1. The minimum absolute atomic E-state index is 0.337. The Morgan fingerprint density at radius 1 is 1.27 bits per heavy atom. The number of fused-ring (bicyclic) bond motifs is 1. The zero-order chi connectivity index (χ0) is 11.0. The third-order valence-corrected chi connectivity index (χ3v) is 2.34. The third-order valence-electron chi connectivity index (χ3n) is 2.34. The second-order valence-electron chi connectivity index (χ2n) is 3.58. The number of aromatic nitrogens is 1. The van der Waals surface area contributed by atoms with E-state index >= 15 is 0 Å². The molecule has 15 heavy (non-hydrogen) atoms. The predicted octanol–water partition coefficient (Wildman–Crippen LogP) is 2.86. The van der Waals surface area contributed by atoms with Gasteiger partial charge in [-0.25, -0.2) is 4.98 Å². The molecule has 0 fully saturated rings. The van der Waals surface area contributed by atoms with Crippen LogP contribution in [-0.4, -0.2) is 4.98 Å². The molecule has 3 heteroatoms. The van der Waals surface area contributed by atoms with Crippen LogP contribution in [0.15, 0.2) is 18.2 Å². The summed E-state index contributed by atoms with van der Waals surface area (Å²) in [5, 5.41) is 9.62. The Morgan fingerprint density at radius 3 is 2.67 bits per heavy atom. The van der Waals surface area contributed by atoms with Crippen LogP contribution in [0.5, 0.6) is 0 Å². The molecule has 2 rings (SSSR count). The number of rotatable bonds is 0. The van der Waals surface area contributed by atoms with Crippen molar-refractivity contribution < 1.29 is 4.39 Å². The first-order chi connectivity index (χ1) is 7.11. The van der Waals surface area contributed by atoms with E-state index in [2.05, 4.69) is 4.98 Å². The van der Waals surface area contributed by atoms with Gasteiger partial charge >= 0.3 is 0 Å². The lowest BCUT2D eigenvalue weighted by Crippen LogP contribution is -1.92. The topological polar surface area (TPSA) is 36.7 Å². The average molecular weight is 200 g/mol. The molecule has 0 bridgehead atoms. The maximum Gasteiger partial charge on any atom is 0.214 e. The lowest BCUT2D eigenvalue weighted by molar-refractivity contribution is 0.588. The molecule has 0 aliphatic rings. The molecule has 2 nitrogen and oxygen atoms in total. The number of halogens is 1. The zero-order valence-corrected chi connectivity index (χ0v) is 8.50.